The van der Waals surface area contributed by atoms with Crippen molar-refractivity contribution in [3.63, 3.8) is 0 Å². The monoisotopic (exact) mass is 311 g/mol. The van der Waals surface area contributed by atoms with Crippen LogP contribution in [0.2, 0.25) is 10.0 Å². The number of nitrogens with zero attached hydrogens (tertiary/aromatic N) is 1. The van der Waals surface area contributed by atoms with Crippen molar-refractivity contribution in [2.24, 2.45) is 0 Å². The molecule has 1 N–H and O–H groups in total. The summed E-state index contributed by atoms with van der Waals surface area (Å²) in [5.41, 5.74) is 0.559. The smallest absolute Gasteiger partial charge is 0.323 e. The molecule has 0 aliphatic carbocycles. The molecule has 0 radical (unpaired) electrons. The predicted octanol–water partition coefficient (Wildman–Crippen LogP) is 2.55. The van der Waals surface area contributed by atoms with Gasteiger partial charge in [-0.25, -0.2) is 0 Å². The van der Waals surface area contributed by atoms with Crippen LogP contribution >= 0.6 is 23.2 Å². The minimum Gasteiger partial charge on any atom is -0.480 e. The molecule has 0 aliphatic rings. The van der Waals surface area contributed by atoms with Crippen LogP contribution in [0.15, 0.2) is 24.3 Å². The highest BCUT2D eigenvalue weighted by Gasteiger charge is 2.13. The molecular weight excluding hydrogens is 301 g/mol. The second kappa shape index (κ2) is 7.59. The zero-order valence-electron chi connectivity index (χ0n) is 10.3. The van der Waals surface area contributed by atoms with Gasteiger partial charge in [-0.2, -0.15) is 0 Å². The molecule has 0 fully saturated rings. The number of halogens is 2. The summed E-state index contributed by atoms with van der Waals surface area (Å²) in [7, 11) is 0. The topological polar surface area (TPSA) is 57.6 Å². The van der Waals surface area contributed by atoms with Gasteiger partial charge in [-0.3, -0.25) is 9.59 Å². The maximum absolute atomic E-state index is 11.8. The molecule has 20 heavy (non-hydrogen) atoms. The lowest BCUT2D eigenvalue weighted by Crippen LogP contribution is -2.34. The van der Waals surface area contributed by atoms with Gasteiger partial charge in [-0.05, 0) is 29.8 Å². The van der Waals surface area contributed by atoms with Gasteiger partial charge in [0.15, 0.2) is 0 Å². The van der Waals surface area contributed by atoms with E-state index in [0.29, 0.717) is 15.6 Å². The SMILES string of the molecule is C#CCN(CC(=O)O)C(=O)C=Cc1cc(Cl)ccc1Cl. The Bertz CT molecular complexity index is 591. The molecule has 0 saturated carbocycles. The fraction of sp³-hybridized carbons (Fsp3) is 0.143. The number of hydrogen-bond donors (Lipinski definition) is 1. The second-order valence-electron chi connectivity index (χ2n) is 3.79. The first kappa shape index (κ1) is 16.1. The van der Waals surface area contributed by atoms with E-state index < -0.39 is 18.4 Å². The number of carbonyl (C=O) groups excluding carboxylic acids is 1. The minimum atomic E-state index is -1.14. The lowest BCUT2D eigenvalue weighted by atomic mass is 10.2. The van der Waals surface area contributed by atoms with Crippen molar-refractivity contribution in [1.29, 1.82) is 0 Å². The van der Waals surface area contributed by atoms with Crippen molar-refractivity contribution < 1.29 is 14.7 Å². The normalized spacial score (nSPS) is 10.2. The standard InChI is InChI=1S/C14H11Cl2NO3/c1-2-7-17(9-14(19)20)13(18)6-3-10-8-11(15)4-5-12(10)16/h1,3-6,8H,7,9H2,(H,19,20). The van der Waals surface area contributed by atoms with Gasteiger partial charge in [-0.15, -0.1) is 6.42 Å². The van der Waals surface area contributed by atoms with Crippen molar-refractivity contribution in [2.45, 2.75) is 0 Å². The highest BCUT2D eigenvalue weighted by molar-refractivity contribution is 6.34. The number of carbonyl (C=O) groups is 2. The maximum Gasteiger partial charge on any atom is 0.323 e. The van der Waals surface area contributed by atoms with E-state index >= 15 is 0 Å². The van der Waals surface area contributed by atoms with E-state index in [0.717, 1.165) is 4.90 Å². The number of rotatable bonds is 5. The third kappa shape index (κ3) is 4.96. The van der Waals surface area contributed by atoms with E-state index in [1.807, 2.05) is 0 Å². The quantitative estimate of drug-likeness (QED) is 0.671. The molecule has 1 aromatic rings. The van der Waals surface area contributed by atoms with Gasteiger partial charge in [0.1, 0.15) is 6.54 Å². The van der Waals surface area contributed by atoms with Crippen LogP contribution in [0.25, 0.3) is 6.08 Å². The molecule has 0 spiro atoms. The first-order valence-corrected chi connectivity index (χ1v) is 6.27. The Balaban J connectivity index is 2.86. The molecule has 0 bridgehead atoms. The number of amides is 1. The van der Waals surface area contributed by atoms with Crippen LogP contribution in [-0.2, 0) is 9.59 Å². The fourth-order valence-corrected chi connectivity index (χ4v) is 1.76. The summed E-state index contributed by atoms with van der Waals surface area (Å²) in [6.07, 6.45) is 7.76. The number of carboxylic acid groups (broad SMARTS) is 1. The van der Waals surface area contributed by atoms with Crippen molar-refractivity contribution in [1.82, 2.24) is 4.90 Å². The molecule has 1 amide bonds. The van der Waals surface area contributed by atoms with Gasteiger partial charge in [0.25, 0.3) is 0 Å². The van der Waals surface area contributed by atoms with Crippen LogP contribution in [0.3, 0.4) is 0 Å². The lowest BCUT2D eigenvalue weighted by molar-refractivity contribution is -0.142. The Morgan fingerprint density at radius 2 is 2.10 bits per heavy atom. The summed E-state index contributed by atoms with van der Waals surface area (Å²) < 4.78 is 0. The largest absolute Gasteiger partial charge is 0.480 e. The van der Waals surface area contributed by atoms with E-state index in [9.17, 15) is 9.59 Å². The van der Waals surface area contributed by atoms with Gasteiger partial charge < -0.3 is 10.0 Å². The lowest BCUT2D eigenvalue weighted by Gasteiger charge is -2.15. The van der Waals surface area contributed by atoms with Crippen LogP contribution in [0.5, 0.6) is 0 Å². The molecular formula is C14H11Cl2NO3. The summed E-state index contributed by atoms with van der Waals surface area (Å²) in [6, 6.07) is 4.82. The Hall–Kier alpha value is -1.96. The summed E-state index contributed by atoms with van der Waals surface area (Å²) in [5.74, 6) is 0.585. The number of benzene rings is 1. The molecule has 0 aliphatic heterocycles. The molecule has 0 unspecified atom stereocenters. The van der Waals surface area contributed by atoms with E-state index in [1.165, 1.54) is 12.2 Å². The van der Waals surface area contributed by atoms with Crippen molar-refractivity contribution in [3.8, 4) is 12.3 Å². The van der Waals surface area contributed by atoms with Crippen LogP contribution in [-0.4, -0.2) is 35.0 Å². The van der Waals surface area contributed by atoms with E-state index in [4.69, 9.17) is 34.7 Å². The molecule has 4 nitrogen and oxygen atoms in total. The Morgan fingerprint density at radius 3 is 2.70 bits per heavy atom. The third-order valence-corrected chi connectivity index (χ3v) is 2.86. The van der Waals surface area contributed by atoms with E-state index in [2.05, 4.69) is 5.92 Å². The molecule has 0 atom stereocenters. The molecule has 1 aromatic carbocycles. The van der Waals surface area contributed by atoms with Crippen molar-refractivity contribution in [3.05, 3.63) is 39.9 Å². The highest BCUT2D eigenvalue weighted by atomic mass is 35.5. The number of aliphatic carboxylic acids is 1. The predicted molar refractivity (Wildman–Crippen MR) is 78.5 cm³/mol. The van der Waals surface area contributed by atoms with Crippen molar-refractivity contribution >= 4 is 41.2 Å². The van der Waals surface area contributed by atoms with E-state index in [-0.39, 0.29) is 6.54 Å². The zero-order valence-corrected chi connectivity index (χ0v) is 11.9. The molecule has 104 valence electrons. The van der Waals surface area contributed by atoms with Gasteiger partial charge >= 0.3 is 5.97 Å². The summed E-state index contributed by atoms with van der Waals surface area (Å²) in [6.45, 7) is -0.546. The minimum absolute atomic E-state index is 0.0846. The molecule has 0 saturated heterocycles. The Labute approximate surface area is 126 Å². The maximum atomic E-state index is 11.8. The average molecular weight is 312 g/mol. The fourth-order valence-electron chi connectivity index (χ4n) is 1.39. The molecule has 0 aromatic heterocycles. The van der Waals surface area contributed by atoms with Crippen LogP contribution in [0.1, 0.15) is 5.56 Å². The third-order valence-electron chi connectivity index (χ3n) is 2.28. The van der Waals surface area contributed by atoms with Crippen LogP contribution < -0.4 is 0 Å². The Morgan fingerprint density at radius 1 is 1.40 bits per heavy atom. The zero-order chi connectivity index (χ0) is 15.1. The second-order valence-corrected chi connectivity index (χ2v) is 4.63. The van der Waals surface area contributed by atoms with Crippen molar-refractivity contribution in [2.75, 3.05) is 13.1 Å². The summed E-state index contributed by atoms with van der Waals surface area (Å²) >= 11 is 11.8. The number of carboxylic acids is 1. The molecule has 6 heteroatoms. The van der Waals surface area contributed by atoms with Gasteiger partial charge in [0.05, 0.1) is 6.54 Å². The Kier molecular flexibility index (Phi) is 6.10. The number of hydrogen-bond acceptors (Lipinski definition) is 2. The van der Waals surface area contributed by atoms with Gasteiger partial charge in [0, 0.05) is 16.1 Å². The summed E-state index contributed by atoms with van der Waals surface area (Å²) in [4.78, 5) is 23.5. The first-order valence-electron chi connectivity index (χ1n) is 5.51. The summed E-state index contributed by atoms with van der Waals surface area (Å²) in [5, 5.41) is 9.61. The first-order chi connectivity index (χ1) is 9.43. The van der Waals surface area contributed by atoms with Crippen LogP contribution in [0.4, 0.5) is 0 Å². The molecule has 1 rings (SSSR count). The van der Waals surface area contributed by atoms with Gasteiger partial charge in [0.2, 0.25) is 5.91 Å². The number of terminal acetylenes is 1. The van der Waals surface area contributed by atoms with Gasteiger partial charge in [-0.1, -0.05) is 29.1 Å². The highest BCUT2D eigenvalue weighted by Crippen LogP contribution is 2.21. The average Bonchev–Trinajstić information content (AvgIpc) is 2.38. The molecule has 0 heterocycles. The van der Waals surface area contributed by atoms with E-state index in [1.54, 1.807) is 18.2 Å². The van der Waals surface area contributed by atoms with Crippen LogP contribution in [0, 0.1) is 12.3 Å².